The van der Waals surface area contributed by atoms with Gasteiger partial charge in [-0.05, 0) is 25.3 Å². The summed E-state index contributed by atoms with van der Waals surface area (Å²) in [4.78, 5) is 9.35. The number of nitrogens with one attached hydrogen (secondary N) is 2. The van der Waals surface area contributed by atoms with E-state index >= 15 is 0 Å². The first kappa shape index (κ1) is 22.1. The predicted octanol–water partition coefficient (Wildman–Crippen LogP) is 2.53. The lowest BCUT2D eigenvalue weighted by atomic mass is 10.1. The Hall–Kier alpha value is -2.61. The van der Waals surface area contributed by atoms with Crippen molar-refractivity contribution in [3.63, 3.8) is 0 Å². The van der Waals surface area contributed by atoms with Gasteiger partial charge in [-0.25, -0.2) is 14.7 Å². The zero-order valence-electron chi connectivity index (χ0n) is 18.5. The van der Waals surface area contributed by atoms with Crippen molar-refractivity contribution in [3.05, 3.63) is 41.5 Å². The van der Waals surface area contributed by atoms with Crippen molar-refractivity contribution >= 4 is 5.96 Å². The molecule has 8 heteroatoms. The van der Waals surface area contributed by atoms with Gasteiger partial charge in [-0.1, -0.05) is 32.0 Å². The summed E-state index contributed by atoms with van der Waals surface area (Å²) < 4.78 is 13.1. The lowest BCUT2D eigenvalue weighted by molar-refractivity contribution is 0.177. The van der Waals surface area contributed by atoms with Gasteiger partial charge in [0.05, 0.1) is 19.7 Å². The molecule has 2 aromatic rings. The monoisotopic (exact) mass is 414 g/mol. The number of aliphatic imine (C=N–C) groups is 1. The maximum atomic E-state index is 5.96. The number of hydrogen-bond acceptors (Lipinski definition) is 5. The van der Waals surface area contributed by atoms with Crippen molar-refractivity contribution in [2.45, 2.75) is 59.4 Å². The van der Waals surface area contributed by atoms with Crippen LogP contribution in [0.3, 0.4) is 0 Å². The number of rotatable bonds is 9. The molecule has 2 heterocycles. The predicted molar refractivity (Wildman–Crippen MR) is 118 cm³/mol. The van der Waals surface area contributed by atoms with E-state index in [0.29, 0.717) is 25.7 Å². The molecule has 2 N–H and O–H groups in total. The van der Waals surface area contributed by atoms with Gasteiger partial charge in [0, 0.05) is 31.7 Å². The Kier molecular flexibility index (Phi) is 8.07. The van der Waals surface area contributed by atoms with E-state index in [9.17, 15) is 0 Å². The van der Waals surface area contributed by atoms with Crippen LogP contribution in [0.4, 0.5) is 0 Å². The van der Waals surface area contributed by atoms with Gasteiger partial charge in [-0.3, -0.25) is 0 Å². The highest BCUT2D eigenvalue weighted by Crippen LogP contribution is 2.20. The molecule has 1 aliphatic heterocycles. The number of ether oxygens (including phenoxy) is 2. The zero-order valence-corrected chi connectivity index (χ0v) is 18.5. The average Bonchev–Trinajstić information content (AvgIpc) is 3.13. The third-order valence-corrected chi connectivity index (χ3v) is 4.81. The number of guanidine groups is 1. The minimum absolute atomic E-state index is 0.250. The fraction of sp³-hybridized carbons (Fsp3) is 0.591. The van der Waals surface area contributed by atoms with Gasteiger partial charge in [0.15, 0.2) is 11.8 Å². The molecule has 0 aliphatic carbocycles. The zero-order chi connectivity index (χ0) is 21.3. The van der Waals surface area contributed by atoms with Crippen molar-refractivity contribution in [1.82, 2.24) is 25.4 Å². The molecule has 3 rings (SSSR count). The highest BCUT2D eigenvalue weighted by Gasteiger charge is 2.22. The van der Waals surface area contributed by atoms with E-state index in [-0.39, 0.29) is 6.04 Å². The third kappa shape index (κ3) is 6.19. The normalized spacial score (nSPS) is 16.4. The highest BCUT2D eigenvalue weighted by molar-refractivity contribution is 5.80. The summed E-state index contributed by atoms with van der Waals surface area (Å²) in [6, 6.07) is 8.36. The number of hydrogen-bond donors (Lipinski definition) is 2. The quantitative estimate of drug-likeness (QED) is 0.484. The highest BCUT2D eigenvalue weighted by atomic mass is 16.5. The fourth-order valence-electron chi connectivity index (χ4n) is 3.38. The molecule has 1 unspecified atom stereocenters. The Bertz CT molecular complexity index is 833. The Morgan fingerprint density at radius 2 is 2.17 bits per heavy atom. The molecular formula is C22H34N6O2. The van der Waals surface area contributed by atoms with Gasteiger partial charge in [0.1, 0.15) is 18.2 Å². The number of fused-ring (bicyclic) bond motifs is 1. The van der Waals surface area contributed by atoms with Crippen LogP contribution >= 0.6 is 0 Å². The third-order valence-electron chi connectivity index (χ3n) is 4.81. The lowest BCUT2D eigenvalue weighted by Crippen LogP contribution is -2.47. The molecule has 0 bridgehead atoms. The number of nitrogens with zero attached hydrogens (tertiary/aromatic N) is 4. The number of aromatic nitrogens is 3. The summed E-state index contributed by atoms with van der Waals surface area (Å²) >= 11 is 0. The van der Waals surface area contributed by atoms with E-state index < -0.39 is 0 Å². The van der Waals surface area contributed by atoms with Crippen LogP contribution in [0, 0.1) is 5.92 Å². The smallest absolute Gasteiger partial charge is 0.191 e. The van der Waals surface area contributed by atoms with Crippen LogP contribution in [-0.2, 0) is 30.9 Å². The summed E-state index contributed by atoms with van der Waals surface area (Å²) in [7, 11) is 1.66. The van der Waals surface area contributed by atoms with Crippen molar-refractivity contribution in [2.75, 3.05) is 20.3 Å². The second-order valence-electron chi connectivity index (χ2n) is 7.95. The fourth-order valence-corrected chi connectivity index (χ4v) is 3.38. The minimum Gasteiger partial charge on any atom is -0.493 e. The van der Waals surface area contributed by atoms with Crippen molar-refractivity contribution < 1.29 is 9.47 Å². The molecule has 164 valence electrons. The van der Waals surface area contributed by atoms with Gasteiger partial charge in [-0.15, -0.1) is 0 Å². The summed E-state index contributed by atoms with van der Waals surface area (Å²) in [6.45, 7) is 9.65. The van der Waals surface area contributed by atoms with Gasteiger partial charge in [0.25, 0.3) is 0 Å². The molecule has 1 aliphatic rings. The Morgan fingerprint density at radius 3 is 2.93 bits per heavy atom. The number of benzene rings is 1. The van der Waals surface area contributed by atoms with E-state index in [1.807, 2.05) is 22.9 Å². The second kappa shape index (κ2) is 11.0. The van der Waals surface area contributed by atoms with Crippen molar-refractivity contribution in [2.24, 2.45) is 10.9 Å². The van der Waals surface area contributed by atoms with Crippen LogP contribution in [0.25, 0.3) is 0 Å². The summed E-state index contributed by atoms with van der Waals surface area (Å²) in [6.07, 6.45) is 1.88. The minimum atomic E-state index is 0.250. The Morgan fingerprint density at radius 1 is 1.33 bits per heavy atom. The molecule has 0 saturated carbocycles. The Labute approximate surface area is 179 Å². The van der Waals surface area contributed by atoms with Gasteiger partial charge >= 0.3 is 0 Å². The van der Waals surface area contributed by atoms with Gasteiger partial charge < -0.3 is 20.1 Å². The van der Waals surface area contributed by atoms with Crippen molar-refractivity contribution in [3.8, 4) is 5.75 Å². The standard InChI is InChI=1S/C22H34N6O2/c1-5-23-22(24-12-17-8-6-7-9-19(17)30-14-16(2)3)25-18-10-11-21-26-20(15-29-4)27-28(21)13-18/h6-9,16,18H,5,10-15H2,1-4H3,(H2,23,24,25). The molecule has 0 saturated heterocycles. The van der Waals surface area contributed by atoms with E-state index in [1.54, 1.807) is 7.11 Å². The molecule has 0 radical (unpaired) electrons. The van der Waals surface area contributed by atoms with Gasteiger partial charge in [-0.2, -0.15) is 5.10 Å². The molecule has 30 heavy (non-hydrogen) atoms. The molecule has 0 amide bonds. The summed E-state index contributed by atoms with van der Waals surface area (Å²) in [5.41, 5.74) is 1.08. The van der Waals surface area contributed by atoms with Crippen molar-refractivity contribution in [1.29, 1.82) is 0 Å². The van der Waals surface area contributed by atoms with Crippen LogP contribution in [0.5, 0.6) is 5.75 Å². The molecule has 1 aromatic carbocycles. The topological polar surface area (TPSA) is 85.6 Å². The number of para-hydroxylation sites is 1. The van der Waals surface area contributed by atoms with Crippen LogP contribution in [0.2, 0.25) is 0 Å². The van der Waals surface area contributed by atoms with Crippen LogP contribution < -0.4 is 15.4 Å². The van der Waals surface area contributed by atoms with E-state index in [4.69, 9.17) is 14.5 Å². The molecular weight excluding hydrogens is 380 g/mol. The first-order valence-corrected chi connectivity index (χ1v) is 10.8. The second-order valence-corrected chi connectivity index (χ2v) is 7.95. The Balaban J connectivity index is 1.64. The molecule has 0 spiro atoms. The number of aryl methyl sites for hydroxylation is 1. The lowest BCUT2D eigenvalue weighted by Gasteiger charge is -2.25. The SMILES string of the molecule is CCNC(=NCc1ccccc1OCC(C)C)NC1CCc2nc(COC)nn2C1. The van der Waals surface area contributed by atoms with Crippen LogP contribution in [0.1, 0.15) is 44.4 Å². The molecule has 1 atom stereocenters. The molecule has 8 nitrogen and oxygen atoms in total. The van der Waals surface area contributed by atoms with Crippen LogP contribution in [-0.4, -0.2) is 47.0 Å². The van der Waals surface area contributed by atoms with E-state index in [1.165, 1.54) is 0 Å². The molecule has 1 aromatic heterocycles. The first-order chi connectivity index (χ1) is 14.6. The molecule has 0 fully saturated rings. The summed E-state index contributed by atoms with van der Waals surface area (Å²) in [5, 5.41) is 11.5. The maximum absolute atomic E-state index is 5.96. The number of methoxy groups -OCH3 is 1. The largest absolute Gasteiger partial charge is 0.493 e. The average molecular weight is 415 g/mol. The first-order valence-electron chi connectivity index (χ1n) is 10.8. The summed E-state index contributed by atoms with van der Waals surface area (Å²) in [5.74, 6) is 3.96. The maximum Gasteiger partial charge on any atom is 0.191 e. The van der Waals surface area contributed by atoms with Gasteiger partial charge in [0.2, 0.25) is 0 Å². The van der Waals surface area contributed by atoms with Crippen LogP contribution in [0.15, 0.2) is 29.3 Å². The van der Waals surface area contributed by atoms with E-state index in [2.05, 4.69) is 47.6 Å². The van der Waals surface area contributed by atoms with E-state index in [0.717, 1.165) is 54.9 Å².